The zero-order chi connectivity index (χ0) is 22.7. The summed E-state index contributed by atoms with van der Waals surface area (Å²) in [5.41, 5.74) is -0.595. The molecule has 0 aliphatic carbocycles. The zero-order valence-corrected chi connectivity index (χ0v) is 21.7. The van der Waals surface area contributed by atoms with Gasteiger partial charge in [-0.25, -0.2) is 0 Å². The van der Waals surface area contributed by atoms with Crippen LogP contribution in [0.3, 0.4) is 0 Å². The van der Waals surface area contributed by atoms with Gasteiger partial charge in [0.1, 0.15) is 0 Å². The topological polar surface area (TPSA) is 137 Å². The molecule has 0 radical (unpaired) electrons. The minimum Gasteiger partial charge on any atom is -0.396 e. The highest BCUT2D eigenvalue weighted by atomic mass is 32.2. The maximum absolute atomic E-state index is 10.1. The summed E-state index contributed by atoms with van der Waals surface area (Å²) in [6.45, 7) is 2.58. The molecular formula is C16H26N4O5S6. The highest BCUT2D eigenvalue weighted by Gasteiger charge is 2.29. The highest BCUT2D eigenvalue weighted by Crippen LogP contribution is 2.25. The van der Waals surface area contributed by atoms with E-state index < -0.39 is 17.6 Å². The molecule has 2 rings (SSSR count). The molecule has 2 aromatic rings. The average molecular weight is 547 g/mol. The molecule has 15 heteroatoms. The van der Waals surface area contributed by atoms with Crippen LogP contribution in [-0.4, -0.2) is 92.5 Å². The van der Waals surface area contributed by atoms with Crippen LogP contribution in [0, 0.1) is 13.3 Å². The number of nitrogens with one attached hydrogen (secondary N) is 2. The Labute approximate surface area is 207 Å². The first-order valence-electron chi connectivity index (χ1n) is 9.35. The Morgan fingerprint density at radius 2 is 1.42 bits per heavy atom. The Bertz CT molecular complexity index is 801. The maximum Gasteiger partial charge on any atom is 0.177 e. The third kappa shape index (κ3) is 10.2. The van der Waals surface area contributed by atoms with Gasteiger partial charge >= 0.3 is 0 Å². The van der Waals surface area contributed by atoms with Crippen LogP contribution in [0.2, 0.25) is 0 Å². The molecule has 0 fully saturated rings. The minimum atomic E-state index is -0.672. The third-order valence-corrected chi connectivity index (χ3v) is 8.91. The second-order valence-corrected chi connectivity index (χ2v) is 12.6. The minimum absolute atomic E-state index is 0.119. The van der Waals surface area contributed by atoms with Crippen LogP contribution in [0.1, 0.15) is 13.3 Å². The highest BCUT2D eigenvalue weighted by molar-refractivity contribution is 8.01. The molecule has 0 saturated carbocycles. The molecule has 0 amide bonds. The Hall–Kier alpha value is 0.0600. The normalized spacial score (nSPS) is 15.6. The number of aliphatic hydroxyl groups is 3. The second-order valence-electron chi connectivity index (χ2n) is 6.73. The van der Waals surface area contributed by atoms with Gasteiger partial charge < -0.3 is 24.8 Å². The van der Waals surface area contributed by atoms with E-state index in [0.29, 0.717) is 25.8 Å². The van der Waals surface area contributed by atoms with Crippen molar-refractivity contribution in [2.45, 2.75) is 34.2 Å². The van der Waals surface area contributed by atoms with Gasteiger partial charge in [0.05, 0.1) is 45.2 Å². The molecule has 5 N–H and O–H groups in total. The third-order valence-electron chi connectivity index (χ3n) is 4.16. The van der Waals surface area contributed by atoms with E-state index in [0.717, 1.165) is 8.68 Å². The fourth-order valence-electron chi connectivity index (χ4n) is 2.26. The Morgan fingerprint density at radius 1 is 0.968 bits per heavy atom. The van der Waals surface area contributed by atoms with Gasteiger partial charge in [0.15, 0.2) is 16.6 Å². The van der Waals surface area contributed by atoms with E-state index in [4.69, 9.17) is 33.9 Å². The number of thioether (sulfide) groups is 2. The Balaban J connectivity index is 1.66. The summed E-state index contributed by atoms with van der Waals surface area (Å²) in [5.74, 6) is 0.858. The second kappa shape index (κ2) is 14.3. The molecule has 0 spiro atoms. The van der Waals surface area contributed by atoms with Crippen molar-refractivity contribution in [1.82, 2.24) is 20.4 Å². The molecule has 9 nitrogen and oxygen atoms in total. The first-order valence-corrected chi connectivity index (χ1v) is 13.8. The summed E-state index contributed by atoms with van der Waals surface area (Å²) in [7, 11) is 0. The Kier molecular flexibility index (Phi) is 12.6. The van der Waals surface area contributed by atoms with Gasteiger partial charge in [-0.3, -0.25) is 10.2 Å². The van der Waals surface area contributed by atoms with Crippen LogP contribution in [0.15, 0.2) is 8.68 Å². The van der Waals surface area contributed by atoms with Crippen LogP contribution in [-0.2, 0) is 9.47 Å². The lowest BCUT2D eigenvalue weighted by molar-refractivity contribution is -0.0757. The number of aromatic nitrogens is 4. The van der Waals surface area contributed by atoms with Crippen molar-refractivity contribution < 1.29 is 24.8 Å². The number of nitrogens with zero attached hydrogens (tertiary/aromatic N) is 2. The quantitative estimate of drug-likeness (QED) is 0.157. The maximum atomic E-state index is 10.1. The lowest BCUT2D eigenvalue weighted by atomic mass is 9.88. The van der Waals surface area contributed by atoms with E-state index in [1.165, 1.54) is 46.2 Å². The molecule has 0 bridgehead atoms. The largest absolute Gasteiger partial charge is 0.396 e. The Morgan fingerprint density at radius 3 is 1.74 bits per heavy atom. The van der Waals surface area contributed by atoms with Crippen molar-refractivity contribution in [3.63, 3.8) is 0 Å². The van der Waals surface area contributed by atoms with Crippen molar-refractivity contribution in [2.24, 2.45) is 5.41 Å². The summed E-state index contributed by atoms with van der Waals surface area (Å²) in [6, 6.07) is 0. The van der Waals surface area contributed by atoms with Gasteiger partial charge in [-0.1, -0.05) is 53.1 Å². The van der Waals surface area contributed by atoms with Gasteiger partial charge in [0.2, 0.25) is 0 Å². The number of rotatable bonds is 16. The molecule has 2 unspecified atom stereocenters. The van der Waals surface area contributed by atoms with E-state index in [9.17, 15) is 15.3 Å². The SMILES string of the molecule is CCC(CO)(COCC(O)CSc1n[nH]c(=S)s1)COCC(O)CSc1n[nH]c(=S)s1. The van der Waals surface area contributed by atoms with Gasteiger partial charge in [0, 0.05) is 16.9 Å². The fraction of sp³-hybridized carbons (Fsp3) is 0.750. The van der Waals surface area contributed by atoms with Gasteiger partial charge in [0.25, 0.3) is 0 Å². The van der Waals surface area contributed by atoms with Crippen LogP contribution in [0.25, 0.3) is 0 Å². The predicted octanol–water partition coefficient (Wildman–Crippen LogP) is 2.74. The van der Waals surface area contributed by atoms with Crippen LogP contribution >= 0.6 is 70.6 Å². The number of hydrogen-bond donors (Lipinski definition) is 5. The van der Waals surface area contributed by atoms with E-state index in [1.807, 2.05) is 6.92 Å². The van der Waals surface area contributed by atoms with Crippen molar-refractivity contribution in [3.8, 4) is 0 Å². The van der Waals surface area contributed by atoms with Gasteiger partial charge in [-0.2, -0.15) is 10.2 Å². The summed E-state index contributed by atoms with van der Waals surface area (Å²) in [4.78, 5) is 0. The van der Waals surface area contributed by atoms with E-state index in [1.54, 1.807) is 0 Å². The average Bonchev–Trinajstić information content (AvgIpc) is 3.37. The van der Waals surface area contributed by atoms with Gasteiger partial charge in [-0.15, -0.1) is 0 Å². The van der Waals surface area contributed by atoms with E-state index >= 15 is 0 Å². The molecule has 2 heterocycles. The van der Waals surface area contributed by atoms with E-state index in [-0.39, 0.29) is 33.0 Å². The van der Waals surface area contributed by atoms with E-state index in [2.05, 4.69) is 20.4 Å². The number of hydrogen-bond acceptors (Lipinski definition) is 13. The van der Waals surface area contributed by atoms with Crippen LogP contribution in [0.4, 0.5) is 0 Å². The van der Waals surface area contributed by atoms with Crippen molar-refractivity contribution in [1.29, 1.82) is 0 Å². The smallest absolute Gasteiger partial charge is 0.177 e. The van der Waals surface area contributed by atoms with Crippen LogP contribution in [0.5, 0.6) is 0 Å². The zero-order valence-electron chi connectivity index (χ0n) is 16.8. The van der Waals surface area contributed by atoms with Crippen LogP contribution < -0.4 is 0 Å². The number of aliphatic hydroxyl groups excluding tert-OH is 3. The summed E-state index contributed by atoms with van der Waals surface area (Å²) in [5, 5.41) is 43.6. The standard InChI is InChI=1S/C16H26N4O5S6/c1-2-16(7-21,8-24-3-10(22)5-28-14-19-17-12(26)30-14)9-25-4-11(23)6-29-15-20-18-13(27)31-15/h10-11,21-23H,2-9H2,1H3,(H,17,26)(H,18,27). The number of H-pyrrole nitrogens is 2. The molecule has 31 heavy (non-hydrogen) atoms. The summed E-state index contributed by atoms with van der Waals surface area (Å²) in [6.07, 6.45) is -0.713. The molecule has 0 aliphatic heterocycles. The van der Waals surface area contributed by atoms with Crippen molar-refractivity contribution in [2.75, 3.05) is 44.5 Å². The number of ether oxygens (including phenoxy) is 2. The molecule has 176 valence electrons. The molecule has 2 aromatic heterocycles. The monoisotopic (exact) mass is 546 g/mol. The first kappa shape index (κ1) is 27.3. The molecule has 0 aromatic carbocycles. The summed E-state index contributed by atoms with van der Waals surface area (Å²) < 4.78 is 14.1. The van der Waals surface area contributed by atoms with Gasteiger partial charge in [-0.05, 0) is 30.9 Å². The molecule has 0 saturated heterocycles. The molecular weight excluding hydrogens is 521 g/mol. The van der Waals surface area contributed by atoms with Crippen molar-refractivity contribution in [3.05, 3.63) is 7.91 Å². The fourth-order valence-corrected chi connectivity index (χ4v) is 6.29. The summed E-state index contributed by atoms with van der Waals surface area (Å²) >= 11 is 15.5. The molecule has 2 atom stereocenters. The number of aromatic amines is 2. The first-order chi connectivity index (χ1) is 14.9. The lowest BCUT2D eigenvalue weighted by Gasteiger charge is -2.31. The molecule has 0 aliphatic rings. The predicted molar refractivity (Wildman–Crippen MR) is 130 cm³/mol. The van der Waals surface area contributed by atoms with Crippen molar-refractivity contribution >= 4 is 70.6 Å². The lowest BCUT2D eigenvalue weighted by Crippen LogP contribution is -2.38.